The Hall–Kier alpha value is -1.73. The monoisotopic (exact) mass is 409 g/mol. The first-order valence-electron chi connectivity index (χ1n) is 9.63. The highest BCUT2D eigenvalue weighted by Crippen LogP contribution is 2.17. The molecule has 1 unspecified atom stereocenters. The van der Waals surface area contributed by atoms with E-state index < -0.39 is 12.1 Å². The molecule has 0 amide bonds. The number of hydrogen-bond donors (Lipinski definition) is 2. The van der Waals surface area contributed by atoms with Gasteiger partial charge in [-0.3, -0.25) is 9.69 Å². The minimum Gasteiger partial charge on any atom is -0.480 e. The molecule has 6 nitrogen and oxygen atoms in total. The SMILES string of the molecule is O=C(O)COCCCCN1CCCC(=O)C1C=C[C@H](O)Cc1cccc(Cl)c1. The second-order valence-corrected chi connectivity index (χ2v) is 7.43. The van der Waals surface area contributed by atoms with Crippen molar-refractivity contribution < 1.29 is 24.5 Å². The lowest BCUT2D eigenvalue weighted by molar-refractivity contribution is -0.142. The third kappa shape index (κ3) is 8.10. The van der Waals surface area contributed by atoms with Crippen LogP contribution in [-0.4, -0.2) is 65.3 Å². The highest BCUT2D eigenvalue weighted by Gasteiger charge is 2.27. The summed E-state index contributed by atoms with van der Waals surface area (Å²) in [5.41, 5.74) is 0.942. The van der Waals surface area contributed by atoms with Gasteiger partial charge < -0.3 is 14.9 Å². The van der Waals surface area contributed by atoms with E-state index in [4.69, 9.17) is 21.4 Å². The molecule has 28 heavy (non-hydrogen) atoms. The lowest BCUT2D eigenvalue weighted by Gasteiger charge is -2.33. The quantitative estimate of drug-likeness (QED) is 0.431. The molecule has 7 heteroatoms. The summed E-state index contributed by atoms with van der Waals surface area (Å²) >= 11 is 5.97. The number of halogens is 1. The molecule has 1 fully saturated rings. The molecule has 1 saturated heterocycles. The molecule has 2 N–H and O–H groups in total. The first-order valence-corrected chi connectivity index (χ1v) is 10.0. The van der Waals surface area contributed by atoms with Crippen molar-refractivity contribution in [3.05, 3.63) is 47.0 Å². The third-order valence-corrected chi connectivity index (χ3v) is 4.89. The Morgan fingerprint density at radius 3 is 2.96 bits per heavy atom. The van der Waals surface area contributed by atoms with Gasteiger partial charge in [0.1, 0.15) is 6.61 Å². The Morgan fingerprint density at radius 2 is 2.21 bits per heavy atom. The van der Waals surface area contributed by atoms with E-state index in [1.807, 2.05) is 18.2 Å². The molecule has 1 aromatic rings. The van der Waals surface area contributed by atoms with Crippen LogP contribution in [0.3, 0.4) is 0 Å². The molecule has 1 heterocycles. The number of rotatable bonds is 11. The molecule has 0 spiro atoms. The molecule has 2 atom stereocenters. The van der Waals surface area contributed by atoms with Crippen LogP contribution in [0.15, 0.2) is 36.4 Å². The van der Waals surface area contributed by atoms with Crippen molar-refractivity contribution in [2.45, 2.75) is 44.2 Å². The molecule has 0 aliphatic carbocycles. The van der Waals surface area contributed by atoms with Crippen LogP contribution in [0, 0.1) is 0 Å². The van der Waals surface area contributed by atoms with Gasteiger partial charge in [-0.15, -0.1) is 0 Å². The van der Waals surface area contributed by atoms with E-state index in [2.05, 4.69) is 4.90 Å². The van der Waals surface area contributed by atoms with Crippen LogP contribution in [-0.2, 0) is 20.7 Å². The minimum absolute atomic E-state index is 0.166. The Kier molecular flexibility index (Phi) is 9.64. The zero-order valence-electron chi connectivity index (χ0n) is 15.9. The number of likely N-dealkylation sites (tertiary alicyclic amines) is 1. The lowest BCUT2D eigenvalue weighted by Crippen LogP contribution is -2.45. The van der Waals surface area contributed by atoms with Gasteiger partial charge in [0, 0.05) is 24.5 Å². The zero-order valence-corrected chi connectivity index (χ0v) is 16.7. The molecule has 0 aromatic heterocycles. The third-order valence-electron chi connectivity index (χ3n) is 4.65. The molecule has 1 aliphatic heterocycles. The Bertz CT molecular complexity index is 679. The predicted molar refractivity (Wildman–Crippen MR) is 108 cm³/mol. The van der Waals surface area contributed by atoms with Crippen molar-refractivity contribution in [3.8, 4) is 0 Å². The first-order chi connectivity index (χ1) is 13.5. The number of carboxylic acid groups (broad SMARTS) is 1. The Balaban J connectivity index is 1.82. The maximum atomic E-state index is 12.3. The number of aliphatic hydroxyl groups excluding tert-OH is 1. The molecule has 0 saturated carbocycles. The van der Waals surface area contributed by atoms with Gasteiger partial charge in [-0.25, -0.2) is 4.79 Å². The van der Waals surface area contributed by atoms with Crippen LogP contribution in [0.1, 0.15) is 31.2 Å². The number of aliphatic hydroxyl groups is 1. The summed E-state index contributed by atoms with van der Waals surface area (Å²) in [4.78, 5) is 24.9. The minimum atomic E-state index is -0.969. The van der Waals surface area contributed by atoms with Gasteiger partial charge in [0.2, 0.25) is 0 Å². The number of ketones is 1. The van der Waals surface area contributed by atoms with E-state index in [1.165, 1.54) is 0 Å². The van der Waals surface area contributed by atoms with E-state index >= 15 is 0 Å². The number of aliphatic carboxylic acids is 1. The predicted octanol–water partition coefficient (Wildman–Crippen LogP) is 2.71. The van der Waals surface area contributed by atoms with Gasteiger partial charge in [-0.1, -0.05) is 35.9 Å². The van der Waals surface area contributed by atoms with Crippen molar-refractivity contribution in [1.29, 1.82) is 0 Å². The normalized spacial score (nSPS) is 19.2. The fraction of sp³-hybridized carbons (Fsp3) is 0.524. The number of hydrogen-bond acceptors (Lipinski definition) is 5. The van der Waals surface area contributed by atoms with E-state index in [0.29, 0.717) is 24.5 Å². The van der Waals surface area contributed by atoms with Crippen LogP contribution in [0.4, 0.5) is 0 Å². The average molecular weight is 410 g/mol. The second kappa shape index (κ2) is 12.0. The van der Waals surface area contributed by atoms with Gasteiger partial charge >= 0.3 is 5.97 Å². The summed E-state index contributed by atoms with van der Waals surface area (Å²) in [6.07, 6.45) is 6.21. The largest absolute Gasteiger partial charge is 0.480 e. The molecular formula is C21H28ClNO5. The first kappa shape index (κ1) is 22.6. The summed E-state index contributed by atoms with van der Waals surface area (Å²) in [5, 5.41) is 19.5. The molecule has 0 bridgehead atoms. The van der Waals surface area contributed by atoms with Crippen molar-refractivity contribution in [3.63, 3.8) is 0 Å². The molecule has 0 radical (unpaired) electrons. The molecule has 2 rings (SSSR count). The summed E-state index contributed by atoms with van der Waals surface area (Å²) in [7, 11) is 0. The summed E-state index contributed by atoms with van der Waals surface area (Å²) in [6, 6.07) is 7.05. The van der Waals surface area contributed by atoms with E-state index in [1.54, 1.807) is 18.2 Å². The fourth-order valence-corrected chi connectivity index (χ4v) is 3.53. The van der Waals surface area contributed by atoms with Gasteiger partial charge in [-0.2, -0.15) is 0 Å². The van der Waals surface area contributed by atoms with Gasteiger partial charge in [0.05, 0.1) is 12.1 Å². The van der Waals surface area contributed by atoms with E-state index in [-0.39, 0.29) is 18.4 Å². The van der Waals surface area contributed by atoms with E-state index in [9.17, 15) is 14.7 Å². The number of nitrogens with zero attached hydrogens (tertiary/aromatic N) is 1. The smallest absolute Gasteiger partial charge is 0.329 e. The van der Waals surface area contributed by atoms with Crippen LogP contribution < -0.4 is 0 Å². The standard InChI is InChI=1S/C21H28ClNO5/c22-17-6-3-5-16(13-17)14-18(24)8-9-19-20(25)7-4-11-23(19)10-1-2-12-28-15-21(26)27/h3,5-6,8-9,13,18-19,24H,1-2,4,7,10-12,14-15H2,(H,26,27)/t18-,19?/m0/s1. The maximum absolute atomic E-state index is 12.3. The summed E-state index contributed by atoms with van der Waals surface area (Å²) < 4.78 is 5.03. The topological polar surface area (TPSA) is 87.1 Å². The highest BCUT2D eigenvalue weighted by molar-refractivity contribution is 6.30. The molecule has 1 aromatic carbocycles. The number of carboxylic acids is 1. The number of ether oxygens (including phenoxy) is 1. The summed E-state index contributed by atoms with van der Waals surface area (Å²) in [6.45, 7) is 1.69. The number of piperidine rings is 1. The van der Waals surface area contributed by atoms with Crippen LogP contribution >= 0.6 is 11.6 Å². The van der Waals surface area contributed by atoms with Crippen molar-refractivity contribution >= 4 is 23.4 Å². The molecule has 154 valence electrons. The highest BCUT2D eigenvalue weighted by atomic mass is 35.5. The van der Waals surface area contributed by atoms with Gasteiger partial charge in [-0.05, 0) is 50.0 Å². The van der Waals surface area contributed by atoms with Gasteiger partial charge in [0.25, 0.3) is 0 Å². The molecule has 1 aliphatic rings. The van der Waals surface area contributed by atoms with Crippen molar-refractivity contribution in [2.75, 3.05) is 26.3 Å². The second-order valence-electron chi connectivity index (χ2n) is 6.99. The van der Waals surface area contributed by atoms with Crippen molar-refractivity contribution in [2.24, 2.45) is 0 Å². The Labute approximate surface area is 170 Å². The fourth-order valence-electron chi connectivity index (χ4n) is 3.31. The van der Waals surface area contributed by atoms with Crippen LogP contribution in [0.2, 0.25) is 5.02 Å². The maximum Gasteiger partial charge on any atom is 0.329 e. The van der Waals surface area contributed by atoms with Crippen molar-refractivity contribution in [1.82, 2.24) is 4.90 Å². The van der Waals surface area contributed by atoms with Crippen LogP contribution in [0.5, 0.6) is 0 Å². The lowest BCUT2D eigenvalue weighted by atomic mass is 9.98. The number of carbonyl (C=O) groups is 2. The Morgan fingerprint density at radius 1 is 1.39 bits per heavy atom. The number of unbranched alkanes of at least 4 members (excludes halogenated alkanes) is 1. The van der Waals surface area contributed by atoms with E-state index in [0.717, 1.165) is 37.9 Å². The zero-order chi connectivity index (χ0) is 20.4. The number of Topliss-reactive ketones (excluding diaryl/α,β-unsaturated/α-hetero) is 1. The molecular weight excluding hydrogens is 382 g/mol. The average Bonchev–Trinajstić information content (AvgIpc) is 2.63. The van der Waals surface area contributed by atoms with Gasteiger partial charge in [0.15, 0.2) is 5.78 Å². The number of benzene rings is 1. The summed E-state index contributed by atoms with van der Waals surface area (Å²) in [5.74, 6) is -0.803. The van der Waals surface area contributed by atoms with Crippen LogP contribution in [0.25, 0.3) is 0 Å². The number of carbonyl (C=O) groups excluding carboxylic acids is 1.